The molecule has 1 aromatic rings. The largest absolute Gasteiger partial charge is 0.380 e. The van der Waals surface area contributed by atoms with Crippen LogP contribution in [0.5, 0.6) is 0 Å². The number of nitrogens with one attached hydrogen (secondary N) is 2. The predicted octanol–water partition coefficient (Wildman–Crippen LogP) is 1.87. The van der Waals surface area contributed by atoms with Crippen LogP contribution in [0.3, 0.4) is 0 Å². The average molecular weight is 322 g/mol. The summed E-state index contributed by atoms with van der Waals surface area (Å²) in [5.74, 6) is 0.488. The van der Waals surface area contributed by atoms with E-state index in [1.165, 1.54) is 12.3 Å². The van der Waals surface area contributed by atoms with Crippen molar-refractivity contribution in [2.45, 2.75) is 25.2 Å². The van der Waals surface area contributed by atoms with Gasteiger partial charge in [0.25, 0.3) is 0 Å². The van der Waals surface area contributed by atoms with Gasteiger partial charge < -0.3 is 10.1 Å². The Labute approximate surface area is 124 Å². The minimum absolute atomic E-state index is 0.0426. The summed E-state index contributed by atoms with van der Waals surface area (Å²) >= 11 is 6.01. The summed E-state index contributed by atoms with van der Waals surface area (Å²) in [5, 5.41) is 3.31. The highest BCUT2D eigenvalue weighted by Crippen LogP contribution is 2.22. The van der Waals surface area contributed by atoms with Gasteiger partial charge in [-0.3, -0.25) is 0 Å². The van der Waals surface area contributed by atoms with Crippen molar-refractivity contribution >= 4 is 27.4 Å². The van der Waals surface area contributed by atoms with E-state index in [1.54, 1.807) is 0 Å². The third-order valence-corrected chi connectivity index (χ3v) is 4.13. The van der Waals surface area contributed by atoms with Crippen molar-refractivity contribution < 1.29 is 13.2 Å². The second-order valence-electron chi connectivity index (χ2n) is 4.02. The fraction of sp³-hybridized carbons (Fsp3) is 0.583. The maximum absolute atomic E-state index is 12.0. The van der Waals surface area contributed by atoms with Gasteiger partial charge >= 0.3 is 0 Å². The highest BCUT2D eigenvalue weighted by molar-refractivity contribution is 7.89. The van der Waals surface area contributed by atoms with Crippen LogP contribution >= 0.6 is 11.6 Å². The van der Waals surface area contributed by atoms with Crippen molar-refractivity contribution in [2.75, 3.05) is 31.6 Å². The van der Waals surface area contributed by atoms with Gasteiger partial charge in [-0.1, -0.05) is 18.5 Å². The van der Waals surface area contributed by atoms with Gasteiger partial charge in [-0.2, -0.15) is 0 Å². The molecule has 0 aliphatic rings. The number of hydrogen-bond acceptors (Lipinski definition) is 5. The van der Waals surface area contributed by atoms with E-state index in [2.05, 4.69) is 15.0 Å². The van der Waals surface area contributed by atoms with Crippen molar-refractivity contribution in [3.8, 4) is 0 Å². The third-order valence-electron chi connectivity index (χ3n) is 2.41. The van der Waals surface area contributed by atoms with E-state index in [9.17, 15) is 8.42 Å². The molecule has 0 aromatic carbocycles. The maximum atomic E-state index is 12.0. The smallest absolute Gasteiger partial charge is 0.242 e. The fourth-order valence-corrected chi connectivity index (χ4v) is 2.70. The van der Waals surface area contributed by atoms with Crippen molar-refractivity contribution in [1.29, 1.82) is 0 Å². The van der Waals surface area contributed by atoms with Gasteiger partial charge in [0.15, 0.2) is 0 Å². The van der Waals surface area contributed by atoms with Crippen molar-refractivity contribution in [3.63, 3.8) is 0 Å². The maximum Gasteiger partial charge on any atom is 0.242 e. The summed E-state index contributed by atoms with van der Waals surface area (Å²) < 4.78 is 31.5. The SMILES string of the molecule is CCCNc1ncc(S(=O)(=O)NCCOCC)cc1Cl. The molecule has 0 bridgehead atoms. The lowest BCUT2D eigenvalue weighted by molar-refractivity contribution is 0.153. The van der Waals surface area contributed by atoms with Crippen molar-refractivity contribution in [3.05, 3.63) is 17.3 Å². The molecule has 0 fully saturated rings. The van der Waals surface area contributed by atoms with E-state index in [4.69, 9.17) is 16.3 Å². The molecule has 0 aliphatic heterocycles. The Morgan fingerprint density at radius 2 is 2.10 bits per heavy atom. The van der Waals surface area contributed by atoms with Crippen LogP contribution in [-0.2, 0) is 14.8 Å². The first-order valence-electron chi connectivity index (χ1n) is 6.48. The van der Waals surface area contributed by atoms with Crippen LogP contribution in [0.25, 0.3) is 0 Å². The Kier molecular flexibility index (Phi) is 7.22. The molecule has 20 heavy (non-hydrogen) atoms. The number of pyridine rings is 1. The van der Waals surface area contributed by atoms with E-state index < -0.39 is 10.0 Å². The molecule has 0 aliphatic carbocycles. The zero-order chi connectivity index (χ0) is 15.0. The molecule has 6 nitrogen and oxygen atoms in total. The number of halogens is 1. The number of rotatable bonds is 9. The van der Waals surface area contributed by atoms with Crippen LogP contribution in [0.4, 0.5) is 5.82 Å². The van der Waals surface area contributed by atoms with E-state index in [0.717, 1.165) is 13.0 Å². The monoisotopic (exact) mass is 321 g/mol. The van der Waals surface area contributed by atoms with Crippen molar-refractivity contribution in [2.24, 2.45) is 0 Å². The van der Waals surface area contributed by atoms with Gasteiger partial charge in [-0.25, -0.2) is 18.1 Å². The number of hydrogen-bond donors (Lipinski definition) is 2. The van der Waals surface area contributed by atoms with Crippen LogP contribution < -0.4 is 10.0 Å². The van der Waals surface area contributed by atoms with Gasteiger partial charge in [0, 0.05) is 25.9 Å². The summed E-state index contributed by atoms with van der Waals surface area (Å²) in [6.45, 7) is 5.68. The molecular weight excluding hydrogens is 302 g/mol. The minimum atomic E-state index is -3.61. The van der Waals surface area contributed by atoms with Gasteiger partial charge in [0.05, 0.1) is 11.6 Å². The molecule has 0 radical (unpaired) electrons. The molecule has 1 rings (SSSR count). The Morgan fingerprint density at radius 3 is 2.70 bits per heavy atom. The van der Waals surface area contributed by atoms with Crippen LogP contribution in [0, 0.1) is 0 Å². The van der Waals surface area contributed by atoms with Crippen LogP contribution in [0.1, 0.15) is 20.3 Å². The summed E-state index contributed by atoms with van der Waals surface area (Å²) in [4.78, 5) is 4.08. The Balaban J connectivity index is 2.73. The first-order valence-corrected chi connectivity index (χ1v) is 8.34. The lowest BCUT2D eigenvalue weighted by atomic mass is 10.4. The highest BCUT2D eigenvalue weighted by Gasteiger charge is 2.16. The number of aromatic nitrogens is 1. The number of anilines is 1. The molecule has 1 aromatic heterocycles. The Hall–Kier alpha value is -0.890. The highest BCUT2D eigenvalue weighted by atomic mass is 35.5. The first kappa shape index (κ1) is 17.2. The zero-order valence-electron chi connectivity index (χ0n) is 11.6. The second kappa shape index (κ2) is 8.41. The number of sulfonamides is 1. The van der Waals surface area contributed by atoms with Gasteiger partial charge in [-0.05, 0) is 19.4 Å². The fourth-order valence-electron chi connectivity index (χ4n) is 1.42. The minimum Gasteiger partial charge on any atom is -0.380 e. The molecular formula is C12H20ClN3O3S. The molecule has 2 N–H and O–H groups in total. The predicted molar refractivity (Wildman–Crippen MR) is 79.7 cm³/mol. The normalized spacial score (nSPS) is 11.6. The van der Waals surface area contributed by atoms with Crippen LogP contribution in [0.2, 0.25) is 5.02 Å². The van der Waals surface area contributed by atoms with E-state index in [0.29, 0.717) is 19.0 Å². The van der Waals surface area contributed by atoms with E-state index in [1.807, 2.05) is 13.8 Å². The molecule has 1 heterocycles. The van der Waals surface area contributed by atoms with Gasteiger partial charge in [-0.15, -0.1) is 0 Å². The summed E-state index contributed by atoms with van der Waals surface area (Å²) in [6, 6.07) is 1.38. The molecule has 0 saturated heterocycles. The molecule has 0 unspecified atom stereocenters. The third kappa shape index (κ3) is 5.24. The van der Waals surface area contributed by atoms with E-state index >= 15 is 0 Å². The summed E-state index contributed by atoms with van der Waals surface area (Å²) in [7, 11) is -3.61. The standard InChI is InChI=1S/C12H20ClN3O3S/c1-3-5-14-12-11(13)8-10(9-15-12)20(17,18)16-6-7-19-4-2/h8-9,16H,3-7H2,1-2H3,(H,14,15). The average Bonchev–Trinajstić information content (AvgIpc) is 2.42. The van der Waals surface area contributed by atoms with Crippen LogP contribution in [-0.4, -0.2) is 39.7 Å². The second-order valence-corrected chi connectivity index (χ2v) is 6.20. The van der Waals surface area contributed by atoms with Gasteiger partial charge in [0.2, 0.25) is 10.0 Å². The van der Waals surface area contributed by atoms with E-state index in [-0.39, 0.29) is 16.5 Å². The molecule has 0 spiro atoms. The zero-order valence-corrected chi connectivity index (χ0v) is 13.2. The summed E-state index contributed by atoms with van der Waals surface area (Å²) in [6.07, 6.45) is 2.21. The lowest BCUT2D eigenvalue weighted by Gasteiger charge is -2.09. The molecule has 114 valence electrons. The molecule has 0 atom stereocenters. The van der Waals surface area contributed by atoms with Crippen LogP contribution in [0.15, 0.2) is 17.2 Å². The quantitative estimate of drug-likeness (QED) is 0.679. The molecule has 0 amide bonds. The topological polar surface area (TPSA) is 80.3 Å². The lowest BCUT2D eigenvalue weighted by Crippen LogP contribution is -2.27. The number of ether oxygens (including phenoxy) is 1. The Bertz CT molecular complexity index is 523. The summed E-state index contributed by atoms with van der Waals surface area (Å²) in [5.41, 5.74) is 0. The van der Waals surface area contributed by atoms with Crippen molar-refractivity contribution in [1.82, 2.24) is 9.71 Å². The first-order chi connectivity index (χ1) is 9.51. The molecule has 0 saturated carbocycles. The van der Waals surface area contributed by atoms with Gasteiger partial charge in [0.1, 0.15) is 10.7 Å². The number of nitrogens with zero attached hydrogens (tertiary/aromatic N) is 1. The molecule has 8 heteroatoms. The Morgan fingerprint density at radius 1 is 1.35 bits per heavy atom.